The van der Waals surface area contributed by atoms with Gasteiger partial charge in [-0.15, -0.1) is 0 Å². The molecule has 2 aromatic rings. The molecule has 2 heterocycles. The number of anilines is 1. The maximum absolute atomic E-state index is 5.97. The van der Waals surface area contributed by atoms with E-state index in [4.69, 9.17) is 15.7 Å². The minimum absolute atomic E-state index is 0.382. The first-order chi connectivity index (χ1) is 9.70. The summed E-state index contributed by atoms with van der Waals surface area (Å²) < 4.78 is 0. The molecule has 4 nitrogen and oxygen atoms in total. The van der Waals surface area contributed by atoms with Gasteiger partial charge < -0.3 is 10.6 Å². The monoisotopic (exact) mass is 270 g/mol. The third-order valence-corrected chi connectivity index (χ3v) is 4.26. The minimum Gasteiger partial charge on any atom is -0.348 e. The van der Waals surface area contributed by atoms with Crippen LogP contribution < -0.4 is 10.6 Å². The van der Waals surface area contributed by atoms with Crippen molar-refractivity contribution in [2.75, 3.05) is 11.4 Å². The third-order valence-electron chi connectivity index (χ3n) is 4.26. The number of para-hydroxylation sites is 2. The van der Waals surface area contributed by atoms with Crippen LogP contribution >= 0.6 is 0 Å². The Bertz CT molecular complexity index is 610. The fourth-order valence-electron chi connectivity index (χ4n) is 3.22. The summed E-state index contributed by atoms with van der Waals surface area (Å²) in [6.07, 6.45) is 3.60. The number of rotatable bonds is 2. The van der Waals surface area contributed by atoms with Gasteiger partial charge in [0.2, 0.25) is 0 Å². The molecule has 106 valence electrons. The van der Waals surface area contributed by atoms with Gasteiger partial charge in [-0.2, -0.15) is 0 Å². The molecule has 20 heavy (non-hydrogen) atoms. The van der Waals surface area contributed by atoms with Gasteiger partial charge in [0.15, 0.2) is 5.82 Å². The smallest absolute Gasteiger partial charge is 0.151 e. The first-order valence-corrected chi connectivity index (χ1v) is 7.42. The lowest BCUT2D eigenvalue weighted by Gasteiger charge is -2.41. The molecule has 0 radical (unpaired) electrons. The molecule has 3 rings (SSSR count). The highest BCUT2D eigenvalue weighted by atomic mass is 15.3. The van der Waals surface area contributed by atoms with Crippen LogP contribution in [0.5, 0.6) is 0 Å². The Kier molecular flexibility index (Phi) is 3.57. The molecule has 2 atom stereocenters. The van der Waals surface area contributed by atoms with Crippen molar-refractivity contribution in [1.29, 1.82) is 0 Å². The van der Waals surface area contributed by atoms with Crippen LogP contribution in [-0.2, 0) is 0 Å². The highest BCUT2D eigenvalue weighted by Gasteiger charge is 2.29. The third kappa shape index (κ3) is 2.24. The molecular weight excluding hydrogens is 248 g/mol. The van der Waals surface area contributed by atoms with Crippen molar-refractivity contribution in [3.05, 3.63) is 30.0 Å². The number of nitrogens with two attached hydrogens (primary N) is 1. The summed E-state index contributed by atoms with van der Waals surface area (Å²) >= 11 is 0. The van der Waals surface area contributed by atoms with Crippen molar-refractivity contribution in [3.63, 3.8) is 0 Å². The average molecular weight is 270 g/mol. The van der Waals surface area contributed by atoms with Crippen LogP contribution in [0, 0.1) is 6.92 Å². The molecule has 1 aliphatic rings. The van der Waals surface area contributed by atoms with E-state index in [1.54, 1.807) is 0 Å². The largest absolute Gasteiger partial charge is 0.348 e. The molecule has 1 aliphatic heterocycles. The van der Waals surface area contributed by atoms with Crippen molar-refractivity contribution < 1.29 is 0 Å². The molecular formula is C16H22N4. The molecule has 2 N–H and O–H groups in total. The summed E-state index contributed by atoms with van der Waals surface area (Å²) in [7, 11) is 0. The van der Waals surface area contributed by atoms with Gasteiger partial charge in [-0.1, -0.05) is 12.1 Å². The molecule has 0 aliphatic carbocycles. The number of benzene rings is 1. The molecule has 1 fully saturated rings. The number of aromatic nitrogens is 2. The highest BCUT2D eigenvalue weighted by Crippen LogP contribution is 2.30. The number of fused-ring (bicyclic) bond motifs is 1. The fraction of sp³-hybridized carbons (Fsp3) is 0.500. The maximum Gasteiger partial charge on any atom is 0.151 e. The van der Waals surface area contributed by atoms with Crippen LogP contribution in [0.15, 0.2) is 24.3 Å². The molecule has 1 saturated heterocycles. The van der Waals surface area contributed by atoms with E-state index in [1.807, 2.05) is 31.2 Å². The van der Waals surface area contributed by atoms with Gasteiger partial charge >= 0.3 is 0 Å². The first kappa shape index (κ1) is 13.3. The second-order valence-electron chi connectivity index (χ2n) is 5.70. The first-order valence-electron chi connectivity index (χ1n) is 7.42. The Morgan fingerprint density at radius 1 is 1.20 bits per heavy atom. The van der Waals surface area contributed by atoms with E-state index < -0.39 is 0 Å². The van der Waals surface area contributed by atoms with E-state index in [-0.39, 0.29) is 0 Å². The number of piperidine rings is 1. The highest BCUT2D eigenvalue weighted by molar-refractivity contribution is 5.76. The fourth-order valence-corrected chi connectivity index (χ4v) is 3.22. The lowest BCUT2D eigenvalue weighted by molar-refractivity contribution is 0.397. The van der Waals surface area contributed by atoms with Gasteiger partial charge in [0.05, 0.1) is 16.7 Å². The second-order valence-corrected chi connectivity index (χ2v) is 5.70. The van der Waals surface area contributed by atoms with Gasteiger partial charge in [-0.05, 0) is 45.2 Å². The van der Waals surface area contributed by atoms with Crippen molar-refractivity contribution in [2.24, 2.45) is 5.73 Å². The van der Waals surface area contributed by atoms with Crippen molar-refractivity contribution in [1.82, 2.24) is 9.97 Å². The molecule has 1 aromatic carbocycles. The predicted molar refractivity (Wildman–Crippen MR) is 82.9 cm³/mol. The van der Waals surface area contributed by atoms with Gasteiger partial charge in [0.25, 0.3) is 0 Å². The molecule has 0 spiro atoms. The Morgan fingerprint density at radius 3 is 2.60 bits per heavy atom. The second kappa shape index (κ2) is 5.37. The number of nitrogens with zero attached hydrogens (tertiary/aromatic N) is 3. The molecule has 0 amide bonds. The zero-order valence-electron chi connectivity index (χ0n) is 12.2. The number of aryl methyl sites for hydroxylation is 1. The van der Waals surface area contributed by atoms with Crippen molar-refractivity contribution in [3.8, 4) is 0 Å². The summed E-state index contributed by atoms with van der Waals surface area (Å²) in [6, 6.07) is 8.91. The van der Waals surface area contributed by atoms with Gasteiger partial charge in [0.1, 0.15) is 0 Å². The zero-order chi connectivity index (χ0) is 14.1. The summed E-state index contributed by atoms with van der Waals surface area (Å²) in [5, 5.41) is 0. The van der Waals surface area contributed by atoms with E-state index in [1.165, 1.54) is 12.8 Å². The Balaban J connectivity index is 2.09. The van der Waals surface area contributed by atoms with Crippen LogP contribution in [0.2, 0.25) is 0 Å². The Hall–Kier alpha value is -1.68. The number of hydrogen-bond acceptors (Lipinski definition) is 4. The van der Waals surface area contributed by atoms with Crippen LogP contribution in [0.3, 0.4) is 0 Å². The standard InChI is InChI=1S/C16H22N4/c1-11-6-5-7-13(10-17)20(11)16-12(2)18-14-8-3-4-9-15(14)19-16/h3-4,8-9,11,13H,5-7,10,17H2,1-2H3. The van der Waals surface area contributed by atoms with E-state index in [9.17, 15) is 0 Å². The lowest BCUT2D eigenvalue weighted by Crippen LogP contribution is -2.49. The number of hydrogen-bond donors (Lipinski definition) is 1. The zero-order valence-corrected chi connectivity index (χ0v) is 12.2. The van der Waals surface area contributed by atoms with Crippen LogP contribution in [0.1, 0.15) is 31.9 Å². The van der Waals surface area contributed by atoms with Crippen molar-refractivity contribution >= 4 is 16.9 Å². The summed E-state index contributed by atoms with van der Waals surface area (Å²) in [4.78, 5) is 12.0. The SMILES string of the molecule is Cc1nc2ccccc2nc1N1C(C)CCCC1CN. The van der Waals surface area contributed by atoms with E-state index in [0.29, 0.717) is 18.6 Å². The summed E-state index contributed by atoms with van der Waals surface area (Å²) in [6.45, 7) is 4.99. The predicted octanol–water partition coefficient (Wildman–Crippen LogP) is 2.64. The Morgan fingerprint density at radius 2 is 1.90 bits per heavy atom. The summed E-state index contributed by atoms with van der Waals surface area (Å²) in [5.41, 5.74) is 8.88. The molecule has 4 heteroatoms. The van der Waals surface area contributed by atoms with Crippen molar-refractivity contribution in [2.45, 2.75) is 45.2 Å². The average Bonchev–Trinajstić information content (AvgIpc) is 2.46. The lowest BCUT2D eigenvalue weighted by atomic mass is 9.96. The topological polar surface area (TPSA) is 55.0 Å². The van der Waals surface area contributed by atoms with Crippen LogP contribution in [0.4, 0.5) is 5.82 Å². The maximum atomic E-state index is 5.97. The summed E-state index contributed by atoms with van der Waals surface area (Å²) in [5.74, 6) is 1.01. The molecule has 0 bridgehead atoms. The van der Waals surface area contributed by atoms with E-state index in [2.05, 4.69) is 11.8 Å². The van der Waals surface area contributed by atoms with E-state index in [0.717, 1.165) is 29.0 Å². The van der Waals surface area contributed by atoms with Crippen LogP contribution in [0.25, 0.3) is 11.0 Å². The Labute approximate surface area is 120 Å². The van der Waals surface area contributed by atoms with Crippen LogP contribution in [-0.4, -0.2) is 28.6 Å². The van der Waals surface area contributed by atoms with Gasteiger partial charge in [0, 0.05) is 18.6 Å². The van der Waals surface area contributed by atoms with E-state index >= 15 is 0 Å². The molecule has 0 saturated carbocycles. The molecule has 2 unspecified atom stereocenters. The quantitative estimate of drug-likeness (QED) is 0.911. The van der Waals surface area contributed by atoms with Gasteiger partial charge in [-0.25, -0.2) is 9.97 Å². The normalized spacial score (nSPS) is 23.2. The molecule has 1 aromatic heterocycles. The van der Waals surface area contributed by atoms with Gasteiger partial charge in [-0.3, -0.25) is 0 Å². The minimum atomic E-state index is 0.382.